The van der Waals surface area contributed by atoms with Gasteiger partial charge >= 0.3 is 0 Å². The highest BCUT2D eigenvalue weighted by molar-refractivity contribution is 7.99. The van der Waals surface area contributed by atoms with Crippen molar-refractivity contribution in [2.75, 3.05) is 5.75 Å². The second kappa shape index (κ2) is 6.85. The van der Waals surface area contributed by atoms with Crippen LogP contribution in [-0.2, 0) is 19.4 Å². The van der Waals surface area contributed by atoms with Crippen LogP contribution in [-0.4, -0.2) is 26.5 Å². The molecule has 3 aromatic rings. The monoisotopic (exact) mass is 352 g/mol. The van der Waals surface area contributed by atoms with Crippen LogP contribution in [0.1, 0.15) is 28.7 Å². The number of aliphatic hydroxyl groups excluding tert-OH is 1. The number of benzene rings is 2. The van der Waals surface area contributed by atoms with E-state index >= 15 is 0 Å². The first-order valence-electron chi connectivity index (χ1n) is 8.95. The molecule has 25 heavy (non-hydrogen) atoms. The summed E-state index contributed by atoms with van der Waals surface area (Å²) in [7, 11) is 0. The molecule has 0 spiro atoms. The van der Waals surface area contributed by atoms with Crippen LogP contribution in [0.3, 0.4) is 0 Å². The number of hydrogen-bond donors (Lipinski definition) is 1. The van der Waals surface area contributed by atoms with Gasteiger partial charge in [-0.1, -0.05) is 6.07 Å². The SMILES string of the molecule is Cc1cc2ncn(CC(O)CSc3ccc4c(c3)CCC4)c2cc1C. The van der Waals surface area contributed by atoms with Gasteiger partial charge in [-0.3, -0.25) is 0 Å². The van der Waals surface area contributed by atoms with Gasteiger partial charge in [0.15, 0.2) is 0 Å². The standard InChI is InChI=1S/C21H24N2OS/c1-14-8-20-21(9-15(14)2)23(13-22-20)11-18(24)12-25-19-7-6-16-4-3-5-17(16)10-19/h6-10,13,18,24H,3-5,11-12H2,1-2H3. The number of fused-ring (bicyclic) bond motifs is 2. The Morgan fingerprint density at radius 1 is 1.12 bits per heavy atom. The number of imidazole rings is 1. The molecule has 1 aliphatic rings. The van der Waals surface area contributed by atoms with E-state index in [2.05, 4.69) is 53.7 Å². The van der Waals surface area contributed by atoms with E-state index < -0.39 is 6.10 Å². The van der Waals surface area contributed by atoms with E-state index in [4.69, 9.17) is 0 Å². The average Bonchev–Trinajstić information content (AvgIpc) is 3.20. The fraction of sp³-hybridized carbons (Fsp3) is 0.381. The number of thioether (sulfide) groups is 1. The van der Waals surface area contributed by atoms with E-state index in [9.17, 15) is 5.11 Å². The van der Waals surface area contributed by atoms with Gasteiger partial charge in [0.25, 0.3) is 0 Å². The van der Waals surface area contributed by atoms with Crippen molar-refractivity contribution >= 4 is 22.8 Å². The lowest BCUT2D eigenvalue weighted by atomic mass is 10.1. The molecule has 0 amide bonds. The van der Waals surface area contributed by atoms with Gasteiger partial charge < -0.3 is 9.67 Å². The Bertz CT molecular complexity index is 916. The second-order valence-electron chi connectivity index (χ2n) is 7.07. The average molecular weight is 353 g/mol. The molecule has 4 heteroatoms. The summed E-state index contributed by atoms with van der Waals surface area (Å²) in [5.41, 5.74) is 7.61. The van der Waals surface area contributed by atoms with E-state index in [1.54, 1.807) is 11.8 Å². The van der Waals surface area contributed by atoms with Crippen LogP contribution in [0.4, 0.5) is 0 Å². The molecule has 1 unspecified atom stereocenters. The van der Waals surface area contributed by atoms with Gasteiger partial charge in [0.2, 0.25) is 0 Å². The molecule has 130 valence electrons. The van der Waals surface area contributed by atoms with E-state index in [1.807, 2.05) is 6.33 Å². The number of aryl methyl sites for hydroxylation is 4. The molecule has 1 aliphatic carbocycles. The summed E-state index contributed by atoms with van der Waals surface area (Å²) in [5, 5.41) is 10.5. The summed E-state index contributed by atoms with van der Waals surface area (Å²) in [6.45, 7) is 4.80. The Morgan fingerprint density at radius 2 is 1.92 bits per heavy atom. The Morgan fingerprint density at radius 3 is 2.80 bits per heavy atom. The zero-order valence-corrected chi connectivity index (χ0v) is 15.6. The van der Waals surface area contributed by atoms with Crippen LogP contribution in [0.25, 0.3) is 11.0 Å². The highest BCUT2D eigenvalue weighted by atomic mass is 32.2. The quantitative estimate of drug-likeness (QED) is 0.696. The first kappa shape index (κ1) is 16.7. The lowest BCUT2D eigenvalue weighted by Crippen LogP contribution is -2.18. The minimum atomic E-state index is -0.391. The number of aliphatic hydroxyl groups is 1. The topological polar surface area (TPSA) is 38.0 Å². The Hall–Kier alpha value is -1.78. The first-order chi connectivity index (χ1) is 12.1. The smallest absolute Gasteiger partial charge is 0.0959 e. The van der Waals surface area contributed by atoms with Crippen LogP contribution in [0.15, 0.2) is 41.6 Å². The summed E-state index contributed by atoms with van der Waals surface area (Å²) in [5.74, 6) is 0.698. The molecular formula is C21H24N2OS. The molecule has 0 radical (unpaired) electrons. The Labute approximate surface area is 153 Å². The highest BCUT2D eigenvalue weighted by Gasteiger charge is 2.13. The van der Waals surface area contributed by atoms with Crippen LogP contribution >= 0.6 is 11.8 Å². The van der Waals surface area contributed by atoms with Crippen LogP contribution in [0.2, 0.25) is 0 Å². The zero-order chi connectivity index (χ0) is 17.4. The van der Waals surface area contributed by atoms with Crippen molar-refractivity contribution < 1.29 is 5.11 Å². The first-order valence-corrected chi connectivity index (χ1v) is 9.93. The molecule has 1 N–H and O–H groups in total. The maximum Gasteiger partial charge on any atom is 0.0959 e. The van der Waals surface area contributed by atoms with Gasteiger partial charge in [-0.15, -0.1) is 11.8 Å². The zero-order valence-electron chi connectivity index (χ0n) is 14.8. The molecule has 1 aromatic heterocycles. The van der Waals surface area contributed by atoms with Gasteiger partial charge in [0, 0.05) is 10.6 Å². The molecule has 2 aromatic carbocycles. The van der Waals surface area contributed by atoms with Crippen molar-refractivity contribution in [3.63, 3.8) is 0 Å². The minimum absolute atomic E-state index is 0.391. The van der Waals surface area contributed by atoms with Crippen LogP contribution < -0.4 is 0 Å². The minimum Gasteiger partial charge on any atom is -0.390 e. The van der Waals surface area contributed by atoms with Gasteiger partial charge in [-0.2, -0.15) is 0 Å². The van der Waals surface area contributed by atoms with Crippen molar-refractivity contribution in [1.82, 2.24) is 9.55 Å². The predicted octanol–water partition coefficient (Wildman–Crippen LogP) is 4.30. The van der Waals surface area contributed by atoms with Crippen LogP contribution in [0, 0.1) is 13.8 Å². The summed E-state index contributed by atoms with van der Waals surface area (Å²) in [6, 6.07) is 11.0. The normalized spacial score (nSPS) is 14.8. The van der Waals surface area contributed by atoms with Gasteiger partial charge in [0.1, 0.15) is 0 Å². The van der Waals surface area contributed by atoms with E-state index in [0.29, 0.717) is 12.3 Å². The Kier molecular flexibility index (Phi) is 4.57. The molecule has 4 rings (SSSR count). The maximum absolute atomic E-state index is 10.5. The molecule has 0 saturated heterocycles. The summed E-state index contributed by atoms with van der Waals surface area (Å²) in [4.78, 5) is 5.74. The van der Waals surface area contributed by atoms with Crippen molar-refractivity contribution in [3.8, 4) is 0 Å². The van der Waals surface area contributed by atoms with Crippen molar-refractivity contribution in [2.24, 2.45) is 0 Å². The van der Waals surface area contributed by atoms with Crippen molar-refractivity contribution in [3.05, 3.63) is 58.9 Å². The van der Waals surface area contributed by atoms with Gasteiger partial charge in [-0.25, -0.2) is 4.98 Å². The number of rotatable bonds is 5. The maximum atomic E-state index is 10.5. The number of nitrogens with zero attached hydrogens (tertiary/aromatic N) is 2. The molecular weight excluding hydrogens is 328 g/mol. The second-order valence-corrected chi connectivity index (χ2v) is 8.16. The molecule has 0 saturated carbocycles. The summed E-state index contributed by atoms with van der Waals surface area (Å²) in [6.07, 6.45) is 5.14. The molecule has 1 heterocycles. The Balaban J connectivity index is 1.42. The van der Waals surface area contributed by atoms with Crippen molar-refractivity contribution in [1.29, 1.82) is 0 Å². The third-order valence-corrected chi connectivity index (χ3v) is 6.30. The third-order valence-electron chi connectivity index (χ3n) is 5.16. The van der Waals surface area contributed by atoms with Gasteiger partial charge in [0.05, 0.1) is 30.0 Å². The summed E-state index contributed by atoms with van der Waals surface area (Å²) >= 11 is 1.74. The number of hydrogen-bond acceptors (Lipinski definition) is 3. The molecule has 1 atom stereocenters. The lowest BCUT2D eigenvalue weighted by Gasteiger charge is -2.13. The molecule has 0 bridgehead atoms. The van der Waals surface area contributed by atoms with E-state index in [1.165, 1.54) is 46.4 Å². The molecule has 3 nitrogen and oxygen atoms in total. The van der Waals surface area contributed by atoms with Gasteiger partial charge in [-0.05, 0) is 79.6 Å². The van der Waals surface area contributed by atoms with E-state index in [0.717, 1.165) is 11.0 Å². The summed E-state index contributed by atoms with van der Waals surface area (Å²) < 4.78 is 2.07. The largest absolute Gasteiger partial charge is 0.390 e. The van der Waals surface area contributed by atoms with E-state index in [-0.39, 0.29) is 0 Å². The fourth-order valence-corrected chi connectivity index (χ4v) is 4.45. The highest BCUT2D eigenvalue weighted by Crippen LogP contribution is 2.28. The lowest BCUT2D eigenvalue weighted by molar-refractivity contribution is 0.179. The fourth-order valence-electron chi connectivity index (χ4n) is 3.57. The van der Waals surface area contributed by atoms with Crippen LogP contribution in [0.5, 0.6) is 0 Å². The van der Waals surface area contributed by atoms with Crippen molar-refractivity contribution in [2.45, 2.75) is 50.7 Å². The molecule has 0 aliphatic heterocycles. The third kappa shape index (κ3) is 3.46. The number of aromatic nitrogens is 2. The predicted molar refractivity (Wildman–Crippen MR) is 104 cm³/mol. The molecule has 0 fully saturated rings.